The van der Waals surface area contributed by atoms with Crippen LogP contribution in [-0.4, -0.2) is 462 Å². The fourth-order valence-corrected chi connectivity index (χ4v) is 12.9. The normalized spacial score (nSPS) is 14.7. The Morgan fingerprint density at radius 3 is 0.759 bits per heavy atom. The van der Waals surface area contributed by atoms with E-state index in [4.69, 9.17) is 267 Å². The topological polar surface area (TPSA) is 17.1 Å². The first-order valence-corrected chi connectivity index (χ1v) is 28.5. The van der Waals surface area contributed by atoms with Crippen molar-refractivity contribution in [1.29, 1.82) is 0 Å². The van der Waals surface area contributed by atoms with E-state index in [0.717, 1.165) is 32.1 Å². The summed E-state index contributed by atoms with van der Waals surface area (Å²) in [6.07, 6.45) is -18.5. The lowest BCUT2D eigenvalue weighted by atomic mass is 8.30. The van der Waals surface area contributed by atoms with Gasteiger partial charge in [-0.15, -0.1) is 11.6 Å². The van der Waals surface area contributed by atoms with Gasteiger partial charge >= 0.3 is 0 Å². The summed E-state index contributed by atoms with van der Waals surface area (Å²) in [4.78, 5) is 10.9. The molecule has 2 aliphatic rings. The largest absolute Gasteiger partial charge is 0.300 e. The molecule has 2 unspecified atom stereocenters. The molecule has 0 aromatic heterocycles. The molecule has 2 rings (SSSR count). The zero-order valence-corrected chi connectivity index (χ0v) is 49.8. The molecule has 1 nitrogen and oxygen atoms in total. The molecule has 2 aliphatic carbocycles. The number of hydrogen-bond acceptors (Lipinski definition) is 1. The average molecular weight is 1060 g/mol. The molecule has 2 atom stereocenters. The lowest BCUT2D eigenvalue weighted by Gasteiger charge is -2.51. The highest BCUT2D eigenvalue weighted by Gasteiger charge is 2.55. The summed E-state index contributed by atoms with van der Waals surface area (Å²) >= 11 is 13.1. The van der Waals surface area contributed by atoms with Crippen LogP contribution in [0.4, 0.5) is 0 Å². The van der Waals surface area contributed by atoms with Crippen molar-refractivity contribution in [1.82, 2.24) is 0 Å². The van der Waals surface area contributed by atoms with Crippen molar-refractivity contribution in [2.24, 2.45) is 0 Å². The van der Waals surface area contributed by atoms with Gasteiger partial charge in [0, 0.05) is 465 Å². The SMILES string of the molecule is ClC1(Br)CCCCC1Br.O=C1CCCCC1.[B]B([B])B([B])B(B([B])[B])B(B(B([B])[B])B([B])[B])B(B(B([B])[B])B([B])[B])B(B([B])[B])B([B])[B].[B][B]B([B])B(B([B])[B])B(B(B([B])[B])B([B])[B])B(B(B([B])[B])B([B])[B])B(B([B])[B])B([B])[B]. The van der Waals surface area contributed by atoms with Gasteiger partial charge in [-0.05, 0) is 25.7 Å². The lowest BCUT2D eigenvalue weighted by molar-refractivity contribution is -0.120. The van der Waals surface area contributed by atoms with Crippen LogP contribution in [0.1, 0.15) is 57.8 Å². The maximum absolute atomic E-state index is 10.5. The number of carbonyl (C=O) groups excluding carboxylic acids is 1. The standard InChI is InChI=1S/C6H9Br2Cl.C6H10O.B32.B31/c7-5-3-1-2-4-6(5,8)9;7-6-4-2-1-3-5-6;1-18(2)26(17)30(25(15)16)32(29(23(11)12)24(13)14)31(27(19(3)4)20(5)6)28(21(7)8)22(9)10;1-17-25(16)29(24(14)15)31(28(22(10)11)23(12)13)30(26(18(2)3)19(4)5)27(20(6)7)21(8)9/h5H,1-4H2;1-5H2;;. The second-order valence-electron chi connectivity index (χ2n) is 21.5. The molecule has 0 aromatic rings. The molecular formula is C12H19B63Br2ClO. The highest BCUT2D eigenvalue weighted by molar-refractivity contribution is 9.13. The minimum atomic E-state index is -1.11. The van der Waals surface area contributed by atoms with E-state index >= 15 is 0 Å². The Hall–Kier alpha value is 5.01. The zero-order chi connectivity index (χ0) is 62.5. The molecule has 0 heterocycles. The summed E-state index contributed by atoms with van der Waals surface area (Å²) in [6.45, 7) is 0. The molecule has 79 heavy (non-hydrogen) atoms. The van der Waals surface area contributed by atoms with Gasteiger partial charge in [-0.2, -0.15) is 0 Å². The van der Waals surface area contributed by atoms with Crippen LogP contribution in [0, 0.1) is 0 Å². The first-order chi connectivity index (χ1) is 36.1. The Morgan fingerprint density at radius 2 is 0.595 bits per heavy atom. The number of alkyl halides is 3. The minimum Gasteiger partial charge on any atom is -0.300 e. The predicted molar refractivity (Wildman–Crippen MR) is 439 cm³/mol. The zero-order valence-electron chi connectivity index (χ0n) is 45.9. The molecule has 67 radical (unpaired) electrons. The third kappa shape index (κ3) is 29.0. The number of hydrogen-bond donors (Lipinski definition) is 0. The highest BCUT2D eigenvalue weighted by atomic mass is 79.9. The van der Waals surface area contributed by atoms with E-state index in [2.05, 4.69) is 31.9 Å². The summed E-state index contributed by atoms with van der Waals surface area (Å²) in [5, 5.41) is 0. The van der Waals surface area contributed by atoms with Crippen LogP contribution in [0.2, 0.25) is 0 Å². The van der Waals surface area contributed by atoms with E-state index in [0.29, 0.717) is 10.6 Å². The summed E-state index contributed by atoms with van der Waals surface area (Å²) in [6, 6.07) is 0. The molecule has 283 valence electrons. The van der Waals surface area contributed by atoms with Crippen molar-refractivity contribution in [2.75, 3.05) is 0 Å². The van der Waals surface area contributed by atoms with E-state index in [1.54, 1.807) is 0 Å². The van der Waals surface area contributed by atoms with Crippen LogP contribution in [0.5, 0.6) is 0 Å². The van der Waals surface area contributed by atoms with Gasteiger partial charge in [-0.25, -0.2) is 0 Å². The van der Waals surface area contributed by atoms with E-state index in [1.807, 2.05) is 0 Å². The Bertz CT molecular complexity index is 1470. The van der Waals surface area contributed by atoms with Crippen molar-refractivity contribution < 1.29 is 4.79 Å². The lowest BCUT2D eigenvalue weighted by Crippen LogP contribution is -2.89. The van der Waals surface area contributed by atoms with Gasteiger partial charge in [0.1, 0.15) is 9.57 Å². The maximum atomic E-state index is 10.5. The van der Waals surface area contributed by atoms with Crippen LogP contribution >= 0.6 is 43.5 Å². The summed E-state index contributed by atoms with van der Waals surface area (Å²) in [5.74, 6) is 0.464. The molecule has 0 bridgehead atoms. The van der Waals surface area contributed by atoms with Crippen LogP contribution in [-0.2, 0) is 4.79 Å². The van der Waals surface area contributed by atoms with Gasteiger partial charge in [0.05, 0.1) is 0 Å². The quantitative estimate of drug-likeness (QED) is 0.0564. The predicted octanol–water partition coefficient (Wildman–Crippen LogP) is -18.8. The Kier molecular flexibility index (Phi) is 46.8. The van der Waals surface area contributed by atoms with Crippen molar-refractivity contribution >= 4 is 497 Å². The van der Waals surface area contributed by atoms with E-state index in [9.17, 15) is 4.79 Å². The molecule has 0 N–H and O–H groups in total. The Morgan fingerprint density at radius 1 is 0.354 bits per heavy atom. The fraction of sp³-hybridized carbons (Fsp3) is 0.917. The number of carbonyl (C=O) groups is 1. The van der Waals surface area contributed by atoms with E-state index in [-0.39, 0.29) is 3.78 Å². The smallest absolute Gasteiger partial charge is 0.132 e. The summed E-state index contributed by atoms with van der Waals surface area (Å²) in [7, 11) is 201. The summed E-state index contributed by atoms with van der Waals surface area (Å²) < 4.78 is -0.161. The number of Topliss-reactive ketones (excluding diaryl/α,β-unsaturated/α-hetero) is 1. The van der Waals surface area contributed by atoms with E-state index in [1.165, 1.54) is 32.7 Å². The molecule has 0 saturated heterocycles. The van der Waals surface area contributed by atoms with E-state index < -0.39 is 185 Å². The Labute approximate surface area is 562 Å². The maximum Gasteiger partial charge on any atom is 0.132 e. The van der Waals surface area contributed by atoms with Gasteiger partial charge in [-0.3, -0.25) is 4.79 Å². The number of ketones is 1. The van der Waals surface area contributed by atoms with Crippen molar-refractivity contribution in [3.8, 4) is 0 Å². The van der Waals surface area contributed by atoms with Crippen LogP contribution in [0.15, 0.2) is 0 Å². The monoisotopic (exact) mass is 1070 g/mol. The second kappa shape index (κ2) is 43.0. The number of rotatable bonds is 28. The first kappa shape index (κ1) is 86.1. The molecule has 67 heteroatoms. The van der Waals surface area contributed by atoms with Crippen molar-refractivity contribution in [3.63, 3.8) is 0 Å². The van der Waals surface area contributed by atoms with Crippen LogP contribution in [0.3, 0.4) is 0 Å². The third-order valence-electron chi connectivity index (χ3n) is 15.3. The van der Waals surface area contributed by atoms with Gasteiger partial charge in [-0.1, -0.05) is 51.1 Å². The number of halogens is 3. The molecule has 0 amide bonds. The van der Waals surface area contributed by atoms with Crippen molar-refractivity contribution in [3.05, 3.63) is 0 Å². The van der Waals surface area contributed by atoms with Gasteiger partial charge in [0.25, 0.3) is 0 Å². The van der Waals surface area contributed by atoms with Gasteiger partial charge in [0.15, 0.2) is 0 Å². The van der Waals surface area contributed by atoms with Crippen molar-refractivity contribution in [2.45, 2.75) is 66.4 Å². The van der Waals surface area contributed by atoms with Gasteiger partial charge < -0.3 is 0 Å². The first-order valence-electron chi connectivity index (χ1n) is 26.4. The second-order valence-corrected chi connectivity index (χ2v) is 25.2. The fourth-order valence-electron chi connectivity index (χ4n) is 11.6. The third-order valence-corrected chi connectivity index (χ3v) is 18.8. The van der Waals surface area contributed by atoms with Crippen LogP contribution < -0.4 is 0 Å². The molecule has 0 aromatic carbocycles. The summed E-state index contributed by atoms with van der Waals surface area (Å²) in [5.41, 5.74) is 0. The Balaban J connectivity index is 0. The molecular weight excluding hydrogens is 1040 g/mol. The van der Waals surface area contributed by atoms with Gasteiger partial charge in [0.2, 0.25) is 0 Å². The molecule has 2 fully saturated rings. The highest BCUT2D eigenvalue weighted by Crippen LogP contribution is 2.43. The molecule has 2 saturated carbocycles. The molecule has 0 aliphatic heterocycles. The average Bonchev–Trinajstić information content (AvgIpc) is 3.28. The van der Waals surface area contributed by atoms with Crippen LogP contribution in [0.25, 0.3) is 0 Å². The minimum absolute atomic E-state index is 0.161. The molecule has 0 spiro atoms.